The Labute approximate surface area is 195 Å². The maximum absolute atomic E-state index is 13.0. The van der Waals surface area contributed by atoms with Crippen LogP contribution in [0.25, 0.3) is 10.9 Å². The molecule has 174 valence electrons. The summed E-state index contributed by atoms with van der Waals surface area (Å²) in [7, 11) is -2.36. The SMILES string of the molecule is CN(CC(=O)Nc1ccc(Cl)c(S(=O)(=O)N2CCOCC2)c1)C(=O)c1n[nH]c2ccccc12. The molecule has 0 radical (unpaired) electrons. The normalized spacial score (nSPS) is 14.8. The molecule has 2 heterocycles. The average Bonchev–Trinajstić information content (AvgIpc) is 3.24. The molecule has 3 aromatic rings. The van der Waals surface area contributed by atoms with Crippen LogP contribution in [0.5, 0.6) is 0 Å². The zero-order valence-corrected chi connectivity index (χ0v) is 19.3. The number of likely N-dealkylation sites (N-methyl/N-ethyl adjacent to an activating group) is 1. The molecule has 4 rings (SSSR count). The highest BCUT2D eigenvalue weighted by Gasteiger charge is 2.29. The fraction of sp³-hybridized carbons (Fsp3) is 0.286. The van der Waals surface area contributed by atoms with E-state index >= 15 is 0 Å². The van der Waals surface area contributed by atoms with Gasteiger partial charge in [-0.1, -0.05) is 29.8 Å². The number of H-pyrrole nitrogens is 1. The lowest BCUT2D eigenvalue weighted by atomic mass is 10.2. The second kappa shape index (κ2) is 9.48. The molecule has 1 fully saturated rings. The van der Waals surface area contributed by atoms with Crippen molar-refractivity contribution in [2.75, 3.05) is 45.2 Å². The average molecular weight is 492 g/mol. The molecule has 12 heteroatoms. The van der Waals surface area contributed by atoms with Crippen LogP contribution in [-0.4, -0.2) is 79.5 Å². The molecule has 0 unspecified atom stereocenters. The van der Waals surface area contributed by atoms with Gasteiger partial charge in [-0.05, 0) is 24.3 Å². The van der Waals surface area contributed by atoms with Gasteiger partial charge in [0.15, 0.2) is 5.69 Å². The highest BCUT2D eigenvalue weighted by Crippen LogP contribution is 2.28. The van der Waals surface area contributed by atoms with E-state index in [4.69, 9.17) is 16.3 Å². The summed E-state index contributed by atoms with van der Waals surface area (Å²) in [5.74, 6) is -0.919. The Morgan fingerprint density at radius 1 is 1.21 bits per heavy atom. The number of ether oxygens (including phenoxy) is 1. The zero-order valence-electron chi connectivity index (χ0n) is 17.7. The summed E-state index contributed by atoms with van der Waals surface area (Å²) in [5.41, 5.74) is 1.18. The van der Waals surface area contributed by atoms with Crippen molar-refractivity contribution >= 4 is 50.0 Å². The predicted molar refractivity (Wildman–Crippen MR) is 123 cm³/mol. The molecule has 0 bridgehead atoms. The maximum Gasteiger partial charge on any atom is 0.275 e. The van der Waals surface area contributed by atoms with Gasteiger partial charge in [-0.2, -0.15) is 9.40 Å². The molecule has 10 nitrogen and oxygen atoms in total. The number of morpholine rings is 1. The van der Waals surface area contributed by atoms with E-state index in [0.717, 1.165) is 0 Å². The molecule has 1 aromatic heterocycles. The molecule has 2 amide bonds. The lowest BCUT2D eigenvalue weighted by Crippen LogP contribution is -2.40. The highest BCUT2D eigenvalue weighted by molar-refractivity contribution is 7.89. The zero-order chi connectivity index (χ0) is 23.6. The molecule has 0 atom stereocenters. The van der Waals surface area contributed by atoms with Crippen LogP contribution >= 0.6 is 11.6 Å². The van der Waals surface area contributed by atoms with Crippen molar-refractivity contribution in [3.8, 4) is 0 Å². The van der Waals surface area contributed by atoms with Crippen molar-refractivity contribution < 1.29 is 22.7 Å². The van der Waals surface area contributed by atoms with Gasteiger partial charge in [0.05, 0.1) is 30.3 Å². The van der Waals surface area contributed by atoms with Gasteiger partial charge in [0.1, 0.15) is 4.90 Å². The molecule has 1 aliphatic rings. The number of benzene rings is 2. The lowest BCUT2D eigenvalue weighted by molar-refractivity contribution is -0.116. The first kappa shape index (κ1) is 23.2. The molecular formula is C21H22ClN5O5S. The third-order valence-electron chi connectivity index (χ3n) is 5.20. The van der Waals surface area contributed by atoms with E-state index in [1.807, 2.05) is 6.07 Å². The van der Waals surface area contributed by atoms with Crippen molar-refractivity contribution in [1.82, 2.24) is 19.4 Å². The monoisotopic (exact) mass is 491 g/mol. The third-order valence-corrected chi connectivity index (χ3v) is 7.58. The third kappa shape index (κ3) is 4.86. The van der Waals surface area contributed by atoms with Crippen molar-refractivity contribution in [3.63, 3.8) is 0 Å². The molecule has 0 spiro atoms. The van der Waals surface area contributed by atoms with Crippen molar-refractivity contribution in [2.24, 2.45) is 0 Å². The van der Waals surface area contributed by atoms with Crippen molar-refractivity contribution in [1.29, 1.82) is 0 Å². The van der Waals surface area contributed by atoms with Crippen molar-refractivity contribution in [3.05, 3.63) is 53.2 Å². The number of nitrogens with zero attached hydrogens (tertiary/aromatic N) is 3. The summed E-state index contributed by atoms with van der Waals surface area (Å²) in [6, 6.07) is 11.4. The summed E-state index contributed by atoms with van der Waals surface area (Å²) in [4.78, 5) is 26.5. The summed E-state index contributed by atoms with van der Waals surface area (Å²) in [6.45, 7) is 0.806. The van der Waals surface area contributed by atoms with Crippen LogP contribution in [0.2, 0.25) is 5.02 Å². The van der Waals surface area contributed by atoms with Gasteiger partial charge in [0.2, 0.25) is 15.9 Å². The summed E-state index contributed by atoms with van der Waals surface area (Å²) in [6.07, 6.45) is 0. The maximum atomic E-state index is 13.0. The Balaban J connectivity index is 1.46. The number of carbonyl (C=O) groups is 2. The van der Waals surface area contributed by atoms with Gasteiger partial charge < -0.3 is 15.0 Å². The number of aromatic nitrogens is 2. The van der Waals surface area contributed by atoms with E-state index in [9.17, 15) is 18.0 Å². The molecular weight excluding hydrogens is 470 g/mol. The van der Waals surface area contributed by atoms with Crippen LogP contribution in [0, 0.1) is 0 Å². The van der Waals surface area contributed by atoms with E-state index in [0.29, 0.717) is 24.1 Å². The largest absolute Gasteiger partial charge is 0.379 e. The first-order chi connectivity index (χ1) is 15.8. The second-order valence-electron chi connectivity index (χ2n) is 7.49. The number of para-hydroxylation sites is 1. The highest BCUT2D eigenvalue weighted by atomic mass is 35.5. The quantitative estimate of drug-likeness (QED) is 0.543. The Morgan fingerprint density at radius 3 is 2.70 bits per heavy atom. The molecule has 0 saturated carbocycles. The van der Waals surface area contributed by atoms with Gasteiger partial charge in [0.25, 0.3) is 5.91 Å². The number of fused-ring (bicyclic) bond motifs is 1. The van der Waals surface area contributed by atoms with E-state index in [1.54, 1.807) is 18.2 Å². The Bertz CT molecular complexity index is 1300. The van der Waals surface area contributed by atoms with Crippen LogP contribution in [-0.2, 0) is 19.6 Å². The molecule has 2 aromatic carbocycles. The number of aromatic amines is 1. The predicted octanol–water partition coefficient (Wildman–Crippen LogP) is 1.95. The van der Waals surface area contributed by atoms with Gasteiger partial charge >= 0.3 is 0 Å². The molecule has 2 N–H and O–H groups in total. The Morgan fingerprint density at radius 2 is 1.94 bits per heavy atom. The minimum absolute atomic E-state index is 0.0530. The van der Waals surface area contributed by atoms with Gasteiger partial charge in [-0.3, -0.25) is 14.7 Å². The number of amides is 2. The number of rotatable bonds is 6. The van der Waals surface area contributed by atoms with Crippen molar-refractivity contribution in [2.45, 2.75) is 4.90 Å². The number of hydrogen-bond acceptors (Lipinski definition) is 6. The number of sulfonamides is 1. The van der Waals surface area contributed by atoms with Crippen LogP contribution in [0.15, 0.2) is 47.4 Å². The number of halogens is 1. The first-order valence-corrected chi connectivity index (χ1v) is 11.9. The van der Waals surface area contributed by atoms with Crippen LogP contribution in [0.1, 0.15) is 10.5 Å². The topological polar surface area (TPSA) is 125 Å². The lowest BCUT2D eigenvalue weighted by Gasteiger charge is -2.26. The van der Waals surface area contributed by atoms with E-state index in [2.05, 4.69) is 15.5 Å². The van der Waals surface area contributed by atoms with Crippen LogP contribution < -0.4 is 5.32 Å². The van der Waals surface area contributed by atoms with E-state index < -0.39 is 21.8 Å². The number of hydrogen-bond donors (Lipinski definition) is 2. The minimum atomic E-state index is -3.84. The van der Waals surface area contributed by atoms with E-state index in [1.165, 1.54) is 34.5 Å². The summed E-state index contributed by atoms with van der Waals surface area (Å²) < 4.78 is 32.4. The van der Waals surface area contributed by atoms with Crippen LogP contribution in [0.4, 0.5) is 5.69 Å². The number of carbonyl (C=O) groups excluding carboxylic acids is 2. The van der Waals surface area contributed by atoms with Gasteiger partial charge in [-0.15, -0.1) is 0 Å². The van der Waals surface area contributed by atoms with Crippen LogP contribution in [0.3, 0.4) is 0 Å². The van der Waals surface area contributed by atoms with Gasteiger partial charge in [-0.25, -0.2) is 8.42 Å². The Kier molecular flexibility index (Phi) is 6.66. The molecule has 0 aliphatic carbocycles. The smallest absolute Gasteiger partial charge is 0.275 e. The fourth-order valence-electron chi connectivity index (χ4n) is 3.50. The second-order valence-corrected chi connectivity index (χ2v) is 9.80. The van der Waals surface area contributed by atoms with Gasteiger partial charge in [0, 0.05) is 31.2 Å². The molecule has 1 aliphatic heterocycles. The Hall–Kier alpha value is -2.99. The number of nitrogens with one attached hydrogen (secondary N) is 2. The molecule has 33 heavy (non-hydrogen) atoms. The number of anilines is 1. The summed E-state index contributed by atoms with van der Waals surface area (Å²) >= 11 is 6.15. The minimum Gasteiger partial charge on any atom is -0.379 e. The summed E-state index contributed by atoms with van der Waals surface area (Å²) in [5, 5.41) is 10.2. The molecule has 1 saturated heterocycles. The van der Waals surface area contributed by atoms with E-state index in [-0.39, 0.29) is 40.9 Å². The standard InChI is InChI=1S/C21H22ClN5O5S/c1-26(21(29)20-15-4-2-3-5-17(15)24-25-20)13-19(28)23-14-6-7-16(22)18(12-14)33(30,31)27-8-10-32-11-9-27/h2-7,12H,8-11,13H2,1H3,(H,23,28)(H,24,25). The fourth-order valence-corrected chi connectivity index (χ4v) is 5.41. The first-order valence-electron chi connectivity index (χ1n) is 10.1.